The summed E-state index contributed by atoms with van der Waals surface area (Å²) < 4.78 is 10.9. The highest BCUT2D eigenvalue weighted by atomic mass is 16.5. The molecule has 1 fully saturated rings. The van der Waals surface area contributed by atoms with Gasteiger partial charge in [-0.2, -0.15) is 0 Å². The number of hydrogen-bond acceptors (Lipinski definition) is 5. The number of amides is 1. The summed E-state index contributed by atoms with van der Waals surface area (Å²) in [5, 5.41) is 2.89. The zero-order valence-electron chi connectivity index (χ0n) is 11.8. The molecule has 1 aliphatic rings. The van der Waals surface area contributed by atoms with E-state index in [-0.39, 0.29) is 17.9 Å². The second-order valence-corrected chi connectivity index (χ2v) is 5.05. The first-order valence-corrected chi connectivity index (χ1v) is 6.94. The van der Waals surface area contributed by atoms with E-state index in [1.807, 2.05) is 19.1 Å². The molecular formula is C15H17N3O3. The predicted octanol–water partition coefficient (Wildman–Crippen LogP) is 1.77. The van der Waals surface area contributed by atoms with Crippen LogP contribution in [0.5, 0.6) is 0 Å². The van der Waals surface area contributed by atoms with Crippen LogP contribution in [0, 0.1) is 12.8 Å². The molecule has 6 heteroatoms. The van der Waals surface area contributed by atoms with Crippen LogP contribution in [-0.2, 0) is 16.1 Å². The standard InChI is InChI=1S/C15H17N3O3/c1-10-13(21-9-18-10)8-17-15(19)12-4-6-20-14(12)11-3-2-5-16-7-11/h2-3,5,7,9,12,14H,4,6,8H2,1H3,(H,17,19)/t12-,14+/m0/s1. The summed E-state index contributed by atoms with van der Waals surface area (Å²) in [6, 6.07) is 3.79. The van der Waals surface area contributed by atoms with Crippen molar-refractivity contribution >= 4 is 5.91 Å². The maximum Gasteiger partial charge on any atom is 0.226 e. The van der Waals surface area contributed by atoms with E-state index in [2.05, 4.69) is 15.3 Å². The van der Waals surface area contributed by atoms with Gasteiger partial charge in [-0.3, -0.25) is 9.78 Å². The van der Waals surface area contributed by atoms with E-state index >= 15 is 0 Å². The lowest BCUT2D eigenvalue weighted by molar-refractivity contribution is -0.127. The maximum atomic E-state index is 12.4. The van der Waals surface area contributed by atoms with Gasteiger partial charge in [-0.15, -0.1) is 0 Å². The predicted molar refractivity (Wildman–Crippen MR) is 74.1 cm³/mol. The van der Waals surface area contributed by atoms with Gasteiger partial charge in [-0.05, 0) is 25.0 Å². The Kier molecular flexibility index (Phi) is 3.96. The Balaban J connectivity index is 1.65. The summed E-state index contributed by atoms with van der Waals surface area (Å²) in [7, 11) is 0. The molecule has 0 saturated carbocycles. The van der Waals surface area contributed by atoms with E-state index in [9.17, 15) is 4.79 Å². The van der Waals surface area contributed by atoms with Gasteiger partial charge in [0.05, 0.1) is 24.3 Å². The second kappa shape index (κ2) is 6.05. The van der Waals surface area contributed by atoms with Gasteiger partial charge in [0.25, 0.3) is 0 Å². The van der Waals surface area contributed by atoms with Crippen molar-refractivity contribution in [3.8, 4) is 0 Å². The van der Waals surface area contributed by atoms with Gasteiger partial charge in [-0.25, -0.2) is 4.98 Å². The molecule has 1 aliphatic heterocycles. The van der Waals surface area contributed by atoms with Gasteiger partial charge in [0.2, 0.25) is 5.91 Å². The Labute approximate surface area is 122 Å². The lowest BCUT2D eigenvalue weighted by atomic mass is 9.95. The molecular weight excluding hydrogens is 270 g/mol. The second-order valence-electron chi connectivity index (χ2n) is 5.05. The van der Waals surface area contributed by atoms with Crippen molar-refractivity contribution in [1.29, 1.82) is 0 Å². The monoisotopic (exact) mass is 287 g/mol. The molecule has 2 aromatic rings. The third-order valence-electron chi connectivity index (χ3n) is 3.71. The Hall–Kier alpha value is -2.21. The topological polar surface area (TPSA) is 77.2 Å². The third kappa shape index (κ3) is 2.95. The fourth-order valence-electron chi connectivity index (χ4n) is 2.53. The van der Waals surface area contributed by atoms with Crippen LogP contribution in [0.3, 0.4) is 0 Å². The summed E-state index contributed by atoms with van der Waals surface area (Å²) in [5.74, 6) is 0.453. The highest BCUT2D eigenvalue weighted by molar-refractivity contribution is 5.79. The van der Waals surface area contributed by atoms with Gasteiger partial charge in [0, 0.05) is 19.0 Å². The van der Waals surface area contributed by atoms with Crippen LogP contribution in [0.1, 0.15) is 29.5 Å². The van der Waals surface area contributed by atoms with E-state index < -0.39 is 0 Å². The largest absolute Gasteiger partial charge is 0.446 e. The van der Waals surface area contributed by atoms with E-state index in [1.165, 1.54) is 6.39 Å². The minimum absolute atomic E-state index is 0.0304. The van der Waals surface area contributed by atoms with Crippen LogP contribution < -0.4 is 5.32 Å². The SMILES string of the molecule is Cc1ncoc1CNC(=O)[C@H]1CCO[C@@H]1c1cccnc1. The van der Waals surface area contributed by atoms with Crippen LogP contribution >= 0.6 is 0 Å². The van der Waals surface area contributed by atoms with Crippen molar-refractivity contribution in [2.24, 2.45) is 5.92 Å². The summed E-state index contributed by atoms with van der Waals surface area (Å²) in [6.45, 7) is 2.78. The molecule has 2 aromatic heterocycles. The quantitative estimate of drug-likeness (QED) is 0.927. The zero-order chi connectivity index (χ0) is 14.7. The molecule has 21 heavy (non-hydrogen) atoms. The van der Waals surface area contributed by atoms with Crippen LogP contribution in [-0.4, -0.2) is 22.5 Å². The van der Waals surface area contributed by atoms with Gasteiger partial charge < -0.3 is 14.5 Å². The molecule has 0 aromatic carbocycles. The summed E-state index contributed by atoms with van der Waals surface area (Å²) in [6.07, 6.45) is 5.32. The number of aryl methyl sites for hydroxylation is 1. The smallest absolute Gasteiger partial charge is 0.226 e. The maximum absolute atomic E-state index is 12.4. The van der Waals surface area contributed by atoms with Crippen LogP contribution in [0.2, 0.25) is 0 Å². The third-order valence-corrected chi connectivity index (χ3v) is 3.71. The first-order valence-electron chi connectivity index (χ1n) is 6.94. The van der Waals surface area contributed by atoms with E-state index in [0.29, 0.717) is 25.3 Å². The Bertz CT molecular complexity index is 612. The first-order chi connectivity index (χ1) is 10.3. The first kappa shape index (κ1) is 13.8. The fraction of sp³-hybridized carbons (Fsp3) is 0.400. The average Bonchev–Trinajstić information content (AvgIpc) is 3.15. The van der Waals surface area contributed by atoms with Crippen molar-refractivity contribution < 1.29 is 13.9 Å². The molecule has 0 bridgehead atoms. The molecule has 1 saturated heterocycles. The molecule has 6 nitrogen and oxygen atoms in total. The lowest BCUT2D eigenvalue weighted by Gasteiger charge is -2.17. The molecule has 0 unspecified atom stereocenters. The van der Waals surface area contributed by atoms with E-state index in [0.717, 1.165) is 11.3 Å². The van der Waals surface area contributed by atoms with Crippen molar-refractivity contribution in [2.75, 3.05) is 6.61 Å². The summed E-state index contributed by atoms with van der Waals surface area (Å²) in [5.41, 5.74) is 1.73. The van der Waals surface area contributed by atoms with Crippen LogP contribution in [0.25, 0.3) is 0 Å². The average molecular weight is 287 g/mol. The summed E-state index contributed by atoms with van der Waals surface area (Å²) >= 11 is 0. The number of pyridine rings is 1. The number of oxazole rings is 1. The fourth-order valence-corrected chi connectivity index (χ4v) is 2.53. The van der Waals surface area contributed by atoms with E-state index in [1.54, 1.807) is 12.4 Å². The van der Waals surface area contributed by atoms with Gasteiger partial charge in [0.15, 0.2) is 6.39 Å². The molecule has 3 rings (SSSR count). The number of nitrogens with one attached hydrogen (secondary N) is 1. The Morgan fingerprint density at radius 3 is 3.14 bits per heavy atom. The molecule has 0 aliphatic carbocycles. The van der Waals surface area contributed by atoms with Crippen molar-refractivity contribution in [2.45, 2.75) is 26.0 Å². The van der Waals surface area contributed by atoms with Gasteiger partial charge >= 0.3 is 0 Å². The zero-order valence-corrected chi connectivity index (χ0v) is 11.8. The normalized spacial score (nSPS) is 21.4. The molecule has 0 spiro atoms. The molecule has 3 heterocycles. The lowest BCUT2D eigenvalue weighted by Crippen LogP contribution is -2.32. The van der Waals surface area contributed by atoms with Crippen LogP contribution in [0.15, 0.2) is 35.3 Å². The van der Waals surface area contributed by atoms with Gasteiger partial charge in [-0.1, -0.05) is 6.07 Å². The number of carbonyl (C=O) groups is 1. The number of nitrogens with zero attached hydrogens (tertiary/aromatic N) is 2. The number of rotatable bonds is 4. The van der Waals surface area contributed by atoms with Gasteiger partial charge in [0.1, 0.15) is 5.76 Å². The number of ether oxygens (including phenoxy) is 1. The minimum atomic E-state index is -0.227. The number of hydrogen-bond donors (Lipinski definition) is 1. The minimum Gasteiger partial charge on any atom is -0.446 e. The van der Waals surface area contributed by atoms with Crippen molar-refractivity contribution in [1.82, 2.24) is 15.3 Å². The molecule has 110 valence electrons. The Morgan fingerprint density at radius 1 is 1.52 bits per heavy atom. The molecule has 1 amide bonds. The number of aromatic nitrogens is 2. The van der Waals surface area contributed by atoms with Crippen molar-refractivity contribution in [3.63, 3.8) is 0 Å². The van der Waals surface area contributed by atoms with Crippen molar-refractivity contribution in [3.05, 3.63) is 47.9 Å². The Morgan fingerprint density at radius 2 is 2.43 bits per heavy atom. The molecule has 0 radical (unpaired) electrons. The molecule has 2 atom stereocenters. The number of carbonyl (C=O) groups excluding carboxylic acids is 1. The highest BCUT2D eigenvalue weighted by Crippen LogP contribution is 2.34. The molecule has 1 N–H and O–H groups in total. The summed E-state index contributed by atoms with van der Waals surface area (Å²) in [4.78, 5) is 20.5. The van der Waals surface area contributed by atoms with Crippen LogP contribution in [0.4, 0.5) is 0 Å². The highest BCUT2D eigenvalue weighted by Gasteiger charge is 2.35. The van der Waals surface area contributed by atoms with E-state index in [4.69, 9.17) is 9.15 Å².